The van der Waals surface area contributed by atoms with Crippen molar-refractivity contribution < 1.29 is 9.47 Å². The molecule has 0 radical (unpaired) electrons. The molecule has 0 bridgehead atoms. The predicted octanol–water partition coefficient (Wildman–Crippen LogP) is 7.14. The van der Waals surface area contributed by atoms with E-state index >= 15 is 0 Å². The molecule has 28 heavy (non-hydrogen) atoms. The topological polar surface area (TPSA) is 30.8 Å². The van der Waals surface area contributed by atoms with Gasteiger partial charge in [0.1, 0.15) is 6.61 Å². The molecule has 0 aromatic heterocycles. The SMILES string of the molecule is CCOc1cc(C=Nc2cccc(Cl)c2C)ccc1OCc1ccc(Br)cc1. The number of halogens is 2. The van der Waals surface area contributed by atoms with Crippen molar-refractivity contribution >= 4 is 39.4 Å². The van der Waals surface area contributed by atoms with Gasteiger partial charge in [-0.2, -0.15) is 0 Å². The van der Waals surface area contributed by atoms with Gasteiger partial charge >= 0.3 is 0 Å². The summed E-state index contributed by atoms with van der Waals surface area (Å²) in [5, 5.41) is 0.710. The molecule has 3 aromatic rings. The van der Waals surface area contributed by atoms with Crippen LogP contribution in [0.5, 0.6) is 11.5 Å². The Morgan fingerprint density at radius 3 is 2.54 bits per heavy atom. The Labute approximate surface area is 179 Å². The van der Waals surface area contributed by atoms with Crippen LogP contribution >= 0.6 is 27.5 Å². The van der Waals surface area contributed by atoms with Gasteiger partial charge in [-0.25, -0.2) is 0 Å². The Kier molecular flexibility index (Phi) is 7.12. The lowest BCUT2D eigenvalue weighted by molar-refractivity contribution is 0.269. The summed E-state index contributed by atoms with van der Waals surface area (Å²) < 4.78 is 12.8. The van der Waals surface area contributed by atoms with Crippen LogP contribution in [-0.4, -0.2) is 12.8 Å². The minimum absolute atomic E-state index is 0.475. The molecule has 0 saturated carbocycles. The molecule has 5 heteroatoms. The van der Waals surface area contributed by atoms with Crippen LogP contribution in [0.15, 0.2) is 70.1 Å². The highest BCUT2D eigenvalue weighted by Crippen LogP contribution is 2.30. The molecule has 0 unspecified atom stereocenters. The molecule has 0 saturated heterocycles. The Morgan fingerprint density at radius 2 is 1.79 bits per heavy atom. The third-order valence-electron chi connectivity index (χ3n) is 4.17. The molecule has 0 aliphatic heterocycles. The Morgan fingerprint density at radius 1 is 1.00 bits per heavy atom. The molecule has 3 aromatic carbocycles. The van der Waals surface area contributed by atoms with Gasteiger partial charge in [0, 0.05) is 15.7 Å². The molecule has 0 aliphatic carbocycles. The van der Waals surface area contributed by atoms with E-state index in [1.165, 1.54) is 0 Å². The van der Waals surface area contributed by atoms with E-state index in [4.69, 9.17) is 21.1 Å². The summed E-state index contributed by atoms with van der Waals surface area (Å²) >= 11 is 9.60. The first kappa shape index (κ1) is 20.4. The summed E-state index contributed by atoms with van der Waals surface area (Å²) in [6, 6.07) is 19.6. The molecule has 0 fully saturated rings. The summed E-state index contributed by atoms with van der Waals surface area (Å²) in [5.74, 6) is 1.41. The fourth-order valence-corrected chi connectivity index (χ4v) is 3.05. The van der Waals surface area contributed by atoms with E-state index in [0.29, 0.717) is 29.7 Å². The van der Waals surface area contributed by atoms with Crippen LogP contribution in [0.4, 0.5) is 5.69 Å². The van der Waals surface area contributed by atoms with Gasteiger partial charge in [0.25, 0.3) is 0 Å². The predicted molar refractivity (Wildman–Crippen MR) is 120 cm³/mol. The summed E-state index contributed by atoms with van der Waals surface area (Å²) in [6.45, 7) is 4.94. The highest BCUT2D eigenvalue weighted by atomic mass is 79.9. The first-order valence-corrected chi connectivity index (χ1v) is 10.2. The lowest BCUT2D eigenvalue weighted by atomic mass is 10.2. The number of ether oxygens (including phenoxy) is 2. The minimum Gasteiger partial charge on any atom is -0.490 e. The van der Waals surface area contributed by atoms with Gasteiger partial charge < -0.3 is 9.47 Å². The fraction of sp³-hybridized carbons (Fsp3) is 0.174. The quantitative estimate of drug-likeness (QED) is 0.352. The van der Waals surface area contributed by atoms with Crippen LogP contribution in [0, 0.1) is 6.92 Å². The van der Waals surface area contributed by atoms with E-state index in [-0.39, 0.29) is 0 Å². The lowest BCUT2D eigenvalue weighted by Gasteiger charge is -2.13. The van der Waals surface area contributed by atoms with Crippen molar-refractivity contribution in [2.24, 2.45) is 4.99 Å². The number of hydrogen-bond donors (Lipinski definition) is 0. The summed E-state index contributed by atoms with van der Waals surface area (Å²) in [5.41, 5.74) is 3.83. The van der Waals surface area contributed by atoms with Crippen LogP contribution in [0.1, 0.15) is 23.6 Å². The molecule has 0 aliphatic rings. The van der Waals surface area contributed by atoms with Gasteiger partial charge in [-0.05, 0) is 73.0 Å². The van der Waals surface area contributed by atoms with Crippen molar-refractivity contribution in [1.82, 2.24) is 0 Å². The molecule has 0 spiro atoms. The third kappa shape index (κ3) is 5.37. The lowest BCUT2D eigenvalue weighted by Crippen LogP contribution is -2.00. The number of aliphatic imine (C=N–C) groups is 1. The largest absolute Gasteiger partial charge is 0.490 e. The molecule has 0 atom stereocenters. The number of hydrogen-bond acceptors (Lipinski definition) is 3. The number of nitrogens with zero attached hydrogens (tertiary/aromatic N) is 1. The van der Waals surface area contributed by atoms with Gasteiger partial charge in [-0.3, -0.25) is 4.99 Å². The summed E-state index contributed by atoms with van der Waals surface area (Å²) in [7, 11) is 0. The van der Waals surface area contributed by atoms with Crippen molar-refractivity contribution in [2.45, 2.75) is 20.5 Å². The first-order chi connectivity index (χ1) is 13.6. The smallest absolute Gasteiger partial charge is 0.161 e. The van der Waals surface area contributed by atoms with Crippen LogP contribution in [-0.2, 0) is 6.61 Å². The number of rotatable bonds is 7. The van der Waals surface area contributed by atoms with Gasteiger partial charge in [-0.15, -0.1) is 0 Å². The molecule has 3 rings (SSSR count). The molecule has 0 heterocycles. The average molecular weight is 459 g/mol. The fourth-order valence-electron chi connectivity index (χ4n) is 2.61. The molecule has 144 valence electrons. The second-order valence-corrected chi connectivity index (χ2v) is 7.52. The Balaban J connectivity index is 1.77. The van der Waals surface area contributed by atoms with Gasteiger partial charge in [-0.1, -0.05) is 45.7 Å². The van der Waals surface area contributed by atoms with E-state index in [2.05, 4.69) is 20.9 Å². The zero-order valence-electron chi connectivity index (χ0n) is 15.8. The van der Waals surface area contributed by atoms with Crippen molar-refractivity contribution in [3.8, 4) is 11.5 Å². The van der Waals surface area contributed by atoms with E-state index in [1.54, 1.807) is 6.21 Å². The first-order valence-electron chi connectivity index (χ1n) is 9.00. The average Bonchev–Trinajstić information content (AvgIpc) is 2.70. The van der Waals surface area contributed by atoms with Crippen molar-refractivity contribution in [2.75, 3.05) is 6.61 Å². The van der Waals surface area contributed by atoms with Gasteiger partial charge in [0.05, 0.1) is 12.3 Å². The standard InChI is InChI=1S/C23H21BrClNO2/c1-3-27-23-13-18(14-26-21-6-4-5-20(25)16(21)2)9-12-22(23)28-15-17-7-10-19(24)11-8-17/h4-14H,3,15H2,1-2H3. The van der Waals surface area contributed by atoms with E-state index in [9.17, 15) is 0 Å². The second-order valence-electron chi connectivity index (χ2n) is 6.20. The minimum atomic E-state index is 0.475. The monoisotopic (exact) mass is 457 g/mol. The Bertz CT molecular complexity index is 971. The van der Waals surface area contributed by atoms with Crippen molar-refractivity contribution in [3.05, 3.63) is 86.8 Å². The summed E-state index contributed by atoms with van der Waals surface area (Å²) in [6.07, 6.45) is 1.81. The zero-order chi connectivity index (χ0) is 19.9. The maximum absolute atomic E-state index is 6.16. The highest BCUT2D eigenvalue weighted by Gasteiger charge is 2.07. The molecular weight excluding hydrogens is 438 g/mol. The maximum atomic E-state index is 6.16. The van der Waals surface area contributed by atoms with E-state index in [1.807, 2.05) is 74.5 Å². The normalized spacial score (nSPS) is 11.0. The number of benzene rings is 3. The Hall–Kier alpha value is -2.30. The van der Waals surface area contributed by atoms with E-state index < -0.39 is 0 Å². The third-order valence-corrected chi connectivity index (χ3v) is 5.11. The van der Waals surface area contributed by atoms with Crippen LogP contribution < -0.4 is 9.47 Å². The molecule has 3 nitrogen and oxygen atoms in total. The highest BCUT2D eigenvalue weighted by molar-refractivity contribution is 9.10. The van der Waals surface area contributed by atoms with Gasteiger partial charge in [0.15, 0.2) is 11.5 Å². The maximum Gasteiger partial charge on any atom is 0.161 e. The molecule has 0 N–H and O–H groups in total. The molecule has 0 amide bonds. The van der Waals surface area contributed by atoms with Crippen molar-refractivity contribution in [1.29, 1.82) is 0 Å². The zero-order valence-corrected chi connectivity index (χ0v) is 18.1. The van der Waals surface area contributed by atoms with Crippen LogP contribution in [0.3, 0.4) is 0 Å². The molecular formula is C23H21BrClNO2. The summed E-state index contributed by atoms with van der Waals surface area (Å²) in [4.78, 5) is 4.56. The second kappa shape index (κ2) is 9.76. The van der Waals surface area contributed by atoms with Gasteiger partial charge in [0.2, 0.25) is 0 Å². The van der Waals surface area contributed by atoms with Crippen LogP contribution in [0.25, 0.3) is 0 Å². The van der Waals surface area contributed by atoms with Crippen LogP contribution in [0.2, 0.25) is 5.02 Å². The van der Waals surface area contributed by atoms with E-state index in [0.717, 1.165) is 26.9 Å². The van der Waals surface area contributed by atoms with Crippen molar-refractivity contribution in [3.63, 3.8) is 0 Å².